The molecule has 0 unspecified atom stereocenters. The zero-order valence-electron chi connectivity index (χ0n) is 9.98. The quantitative estimate of drug-likeness (QED) is 0.485. The van der Waals surface area contributed by atoms with Crippen LogP contribution in [-0.2, 0) is 6.42 Å². The molecule has 0 saturated carbocycles. The molecule has 0 heterocycles. The molecule has 0 aliphatic heterocycles. The maximum atomic E-state index is 10.3. The lowest BCUT2D eigenvalue weighted by molar-refractivity contribution is 0.464. The predicted molar refractivity (Wildman–Crippen MR) is 74.8 cm³/mol. The average Bonchev–Trinajstić information content (AvgIpc) is 2.40. The molecule has 2 N–H and O–H groups in total. The highest BCUT2D eigenvalue weighted by atomic mass is 16.3. The number of aromatic hydroxyl groups is 2. The first-order valence-electron chi connectivity index (χ1n) is 5.63. The van der Waals surface area contributed by atoms with E-state index < -0.39 is 0 Å². The van der Waals surface area contributed by atoms with Crippen LogP contribution in [-0.4, -0.2) is 10.2 Å². The fourth-order valence-corrected chi connectivity index (χ4v) is 2.08. The fraction of sp³-hybridized carbons (Fsp3) is 0.0625. The number of phenols is 2. The van der Waals surface area contributed by atoms with Gasteiger partial charge in [-0.15, -0.1) is 12.3 Å². The Labute approximate surface area is 106 Å². The molecule has 0 bridgehead atoms. The third-order valence-corrected chi connectivity index (χ3v) is 2.90. The first-order chi connectivity index (χ1) is 8.70. The molecule has 2 aromatic carbocycles. The number of rotatable bonds is 3. The summed E-state index contributed by atoms with van der Waals surface area (Å²) in [5.41, 5.74) is 3.81. The van der Waals surface area contributed by atoms with Crippen LogP contribution in [0.4, 0.5) is 0 Å². The van der Waals surface area contributed by atoms with Gasteiger partial charge in [0.1, 0.15) is 11.5 Å². The smallest absolute Gasteiger partial charge is 0.131 e. The molecule has 18 heavy (non-hydrogen) atoms. The van der Waals surface area contributed by atoms with Crippen molar-refractivity contribution in [2.45, 2.75) is 6.42 Å². The van der Waals surface area contributed by atoms with Gasteiger partial charge in [-0.05, 0) is 12.5 Å². The van der Waals surface area contributed by atoms with Crippen LogP contribution in [0, 0.1) is 0 Å². The highest BCUT2D eigenvalue weighted by Gasteiger charge is 2.15. The van der Waals surface area contributed by atoms with E-state index in [1.54, 1.807) is 24.3 Å². The van der Waals surface area contributed by atoms with Crippen LogP contribution in [0.15, 0.2) is 49.2 Å². The minimum atomic E-state index is 0.136. The minimum Gasteiger partial charge on any atom is -0.507 e. The van der Waals surface area contributed by atoms with E-state index in [-0.39, 0.29) is 11.5 Å². The normalized spacial score (nSPS) is 10.0. The van der Waals surface area contributed by atoms with Gasteiger partial charge in [0, 0.05) is 21.9 Å². The van der Waals surface area contributed by atoms with Gasteiger partial charge in [-0.25, -0.2) is 0 Å². The summed E-state index contributed by atoms with van der Waals surface area (Å²) in [6.45, 7) is 7.17. The van der Waals surface area contributed by atoms with Crippen molar-refractivity contribution in [2.75, 3.05) is 0 Å². The molecule has 0 amide bonds. The third-order valence-electron chi connectivity index (χ3n) is 2.90. The zero-order valence-corrected chi connectivity index (χ0v) is 9.98. The molecule has 0 spiro atoms. The average molecular weight is 238 g/mol. The molecule has 2 aromatic rings. The molecular weight excluding hydrogens is 224 g/mol. The van der Waals surface area contributed by atoms with Crippen LogP contribution >= 0.6 is 0 Å². The Hall–Kier alpha value is -2.44. The number of allylic oxidation sites excluding steroid dienone is 1. The van der Waals surface area contributed by atoms with E-state index in [4.69, 9.17) is 0 Å². The minimum absolute atomic E-state index is 0.136. The maximum absolute atomic E-state index is 10.3. The largest absolute Gasteiger partial charge is 0.507 e. The van der Waals surface area contributed by atoms with Crippen LogP contribution in [0.3, 0.4) is 0 Å². The number of fused-ring (bicyclic) bond motifs is 1. The fourth-order valence-electron chi connectivity index (χ4n) is 2.08. The third kappa shape index (κ3) is 1.79. The van der Waals surface area contributed by atoms with E-state index in [0.717, 1.165) is 0 Å². The van der Waals surface area contributed by atoms with Gasteiger partial charge in [0.2, 0.25) is 0 Å². The van der Waals surface area contributed by atoms with E-state index >= 15 is 0 Å². The lowest BCUT2D eigenvalue weighted by Crippen LogP contribution is -1.91. The Balaban J connectivity index is 2.94. The van der Waals surface area contributed by atoms with E-state index in [0.29, 0.717) is 28.3 Å². The summed E-state index contributed by atoms with van der Waals surface area (Å²) in [6.07, 6.45) is 3.72. The standard InChI is InChI=1S/C16H14O2/c1-3-7-11-12(8-4-2)16(18)14-10-6-5-9-13(14)15(11)17/h3,5-6,8-10,17-18H,1-2,7H2. The van der Waals surface area contributed by atoms with Crippen molar-refractivity contribution >= 4 is 16.8 Å². The zero-order chi connectivity index (χ0) is 13.1. The van der Waals surface area contributed by atoms with Gasteiger partial charge in [0.15, 0.2) is 0 Å². The summed E-state index contributed by atoms with van der Waals surface area (Å²) in [7, 11) is 0. The molecule has 0 fully saturated rings. The lowest BCUT2D eigenvalue weighted by atomic mass is 9.95. The highest BCUT2D eigenvalue weighted by molar-refractivity contribution is 5.97. The van der Waals surface area contributed by atoms with Crippen LogP contribution in [0.25, 0.3) is 16.8 Å². The van der Waals surface area contributed by atoms with Crippen molar-refractivity contribution in [1.82, 2.24) is 0 Å². The Bertz CT molecular complexity index is 662. The first kappa shape index (κ1) is 12.0. The number of phenolic OH excluding ortho intramolecular Hbond substituents is 2. The molecule has 0 atom stereocenters. The van der Waals surface area contributed by atoms with Crippen LogP contribution in [0.1, 0.15) is 11.1 Å². The van der Waals surface area contributed by atoms with Gasteiger partial charge in [0.25, 0.3) is 0 Å². The molecule has 2 nitrogen and oxygen atoms in total. The van der Waals surface area contributed by atoms with E-state index in [1.165, 1.54) is 0 Å². The predicted octanol–water partition coefficient (Wildman–Crippen LogP) is 3.78. The van der Waals surface area contributed by atoms with Gasteiger partial charge >= 0.3 is 0 Å². The maximum Gasteiger partial charge on any atom is 0.131 e. The lowest BCUT2D eigenvalue weighted by Gasteiger charge is -2.13. The summed E-state index contributed by atoms with van der Waals surface area (Å²) in [5.74, 6) is 0.307. The SMILES string of the molecule is C=C=Cc1c(CC=C)c(O)c2ccccc2c1O. The Morgan fingerprint density at radius 1 is 1.11 bits per heavy atom. The van der Waals surface area contributed by atoms with Crippen molar-refractivity contribution < 1.29 is 10.2 Å². The van der Waals surface area contributed by atoms with Crippen molar-refractivity contribution in [2.24, 2.45) is 0 Å². The number of hydrogen-bond acceptors (Lipinski definition) is 2. The molecule has 2 rings (SSSR count). The molecule has 0 aliphatic carbocycles. The van der Waals surface area contributed by atoms with Gasteiger partial charge in [-0.3, -0.25) is 0 Å². The summed E-state index contributed by atoms with van der Waals surface area (Å²) >= 11 is 0. The number of hydrogen-bond donors (Lipinski definition) is 2. The van der Waals surface area contributed by atoms with Crippen LogP contribution in [0.2, 0.25) is 0 Å². The monoisotopic (exact) mass is 238 g/mol. The van der Waals surface area contributed by atoms with Crippen LogP contribution in [0.5, 0.6) is 11.5 Å². The molecule has 90 valence electrons. The topological polar surface area (TPSA) is 40.5 Å². The summed E-state index contributed by atoms with van der Waals surface area (Å²) in [5, 5.41) is 21.8. The summed E-state index contributed by atoms with van der Waals surface area (Å²) in [6, 6.07) is 7.18. The van der Waals surface area contributed by atoms with Crippen molar-refractivity contribution in [3.63, 3.8) is 0 Å². The Morgan fingerprint density at radius 2 is 1.72 bits per heavy atom. The molecular formula is C16H14O2. The van der Waals surface area contributed by atoms with Gasteiger partial charge in [-0.1, -0.05) is 36.9 Å². The second kappa shape index (κ2) is 4.82. The van der Waals surface area contributed by atoms with Gasteiger partial charge in [0.05, 0.1) is 0 Å². The molecule has 0 aliphatic rings. The molecule has 0 aromatic heterocycles. The second-order valence-corrected chi connectivity index (χ2v) is 3.98. The Kier molecular flexibility index (Phi) is 3.22. The van der Waals surface area contributed by atoms with Crippen molar-refractivity contribution in [1.29, 1.82) is 0 Å². The summed E-state index contributed by atoms with van der Waals surface area (Å²) in [4.78, 5) is 0. The molecule has 0 radical (unpaired) electrons. The molecule has 0 saturated heterocycles. The highest BCUT2D eigenvalue weighted by Crippen LogP contribution is 2.40. The first-order valence-corrected chi connectivity index (χ1v) is 5.63. The number of benzene rings is 2. The van der Waals surface area contributed by atoms with Gasteiger partial charge < -0.3 is 10.2 Å². The van der Waals surface area contributed by atoms with Crippen molar-refractivity contribution in [3.8, 4) is 11.5 Å². The van der Waals surface area contributed by atoms with E-state index in [2.05, 4.69) is 18.9 Å². The Morgan fingerprint density at radius 3 is 2.28 bits per heavy atom. The molecule has 2 heteroatoms. The van der Waals surface area contributed by atoms with Gasteiger partial charge in [-0.2, -0.15) is 0 Å². The van der Waals surface area contributed by atoms with Crippen LogP contribution < -0.4 is 0 Å². The van der Waals surface area contributed by atoms with E-state index in [1.807, 2.05) is 12.1 Å². The van der Waals surface area contributed by atoms with E-state index in [9.17, 15) is 10.2 Å². The van der Waals surface area contributed by atoms with Crippen molar-refractivity contribution in [3.05, 3.63) is 60.4 Å². The summed E-state index contributed by atoms with van der Waals surface area (Å²) < 4.78 is 0. The second-order valence-electron chi connectivity index (χ2n) is 3.98.